The van der Waals surface area contributed by atoms with Crippen molar-refractivity contribution in [1.29, 1.82) is 0 Å². The lowest BCUT2D eigenvalue weighted by atomic mass is 9.93. The highest BCUT2D eigenvalue weighted by Gasteiger charge is 2.32. The van der Waals surface area contributed by atoms with Crippen LogP contribution in [0.3, 0.4) is 0 Å². The van der Waals surface area contributed by atoms with Crippen molar-refractivity contribution in [3.8, 4) is 0 Å². The summed E-state index contributed by atoms with van der Waals surface area (Å²) < 4.78 is 11.6. The Morgan fingerprint density at radius 1 is 1.24 bits per heavy atom. The molecule has 0 N–H and O–H groups in total. The van der Waals surface area contributed by atoms with Gasteiger partial charge in [-0.2, -0.15) is 0 Å². The number of hydrogen-bond donors (Lipinski definition) is 0. The Bertz CT molecular complexity index is 410. The summed E-state index contributed by atoms with van der Waals surface area (Å²) in [6, 6.07) is 0. The minimum Gasteiger partial charge on any atom is -0.501 e. The lowest BCUT2D eigenvalue weighted by Gasteiger charge is -2.26. The first-order chi connectivity index (χ1) is 9.83. The molecule has 120 valence electrons. The molecule has 1 fully saturated rings. The number of ether oxygens (including phenoxy) is 2. The van der Waals surface area contributed by atoms with Crippen molar-refractivity contribution in [2.75, 3.05) is 7.11 Å². The van der Waals surface area contributed by atoms with E-state index in [0.29, 0.717) is 11.8 Å². The molecular weight excluding hydrogens is 260 g/mol. The zero-order valence-corrected chi connectivity index (χ0v) is 14.7. The fourth-order valence-corrected chi connectivity index (χ4v) is 2.96. The Labute approximate surface area is 130 Å². The van der Waals surface area contributed by atoms with Crippen LogP contribution >= 0.6 is 0 Å². The van der Waals surface area contributed by atoms with Gasteiger partial charge in [0.05, 0.1) is 12.9 Å². The van der Waals surface area contributed by atoms with E-state index in [1.165, 1.54) is 0 Å². The largest absolute Gasteiger partial charge is 0.501 e. The Balaban J connectivity index is 2.81. The zero-order chi connectivity index (χ0) is 16.0. The summed E-state index contributed by atoms with van der Waals surface area (Å²) in [6.45, 7) is 14.8. The van der Waals surface area contributed by atoms with Crippen molar-refractivity contribution in [3.63, 3.8) is 0 Å². The van der Waals surface area contributed by atoms with E-state index in [9.17, 15) is 0 Å². The van der Waals surface area contributed by atoms with Gasteiger partial charge in [-0.15, -0.1) is 0 Å². The lowest BCUT2D eigenvalue weighted by molar-refractivity contribution is 0.183. The van der Waals surface area contributed by atoms with Gasteiger partial charge in [0.25, 0.3) is 0 Å². The highest BCUT2D eigenvalue weighted by atomic mass is 16.5. The first kappa shape index (κ1) is 17.9. The third-order valence-electron chi connectivity index (χ3n) is 4.19. The molecular formula is C19H32O2. The summed E-state index contributed by atoms with van der Waals surface area (Å²) in [5.41, 5.74) is 0.0374. The van der Waals surface area contributed by atoms with Crippen molar-refractivity contribution in [1.82, 2.24) is 0 Å². The predicted molar refractivity (Wildman–Crippen MR) is 89.7 cm³/mol. The SMILES string of the molecule is C=C(OC)C1CCC(/C(=C\CC)O/C(=C\C)C(C)(C)C)C1. The molecule has 0 aromatic rings. The zero-order valence-electron chi connectivity index (χ0n) is 14.7. The van der Waals surface area contributed by atoms with Gasteiger partial charge in [-0.05, 0) is 44.8 Å². The van der Waals surface area contributed by atoms with Crippen molar-refractivity contribution >= 4 is 0 Å². The maximum Gasteiger partial charge on any atom is 0.105 e. The maximum atomic E-state index is 6.30. The van der Waals surface area contributed by atoms with E-state index in [2.05, 4.69) is 46.4 Å². The molecule has 2 nitrogen and oxygen atoms in total. The van der Waals surface area contributed by atoms with Crippen LogP contribution in [0.1, 0.15) is 60.3 Å². The topological polar surface area (TPSA) is 18.5 Å². The highest BCUT2D eigenvalue weighted by molar-refractivity contribution is 5.12. The highest BCUT2D eigenvalue weighted by Crippen LogP contribution is 2.41. The molecule has 2 heteroatoms. The molecule has 1 rings (SSSR count). The monoisotopic (exact) mass is 292 g/mol. The molecule has 0 amide bonds. The van der Waals surface area contributed by atoms with Crippen LogP contribution in [0.25, 0.3) is 0 Å². The Morgan fingerprint density at radius 3 is 2.33 bits per heavy atom. The third kappa shape index (κ3) is 4.94. The number of allylic oxidation sites excluding steroid dienone is 5. The average molecular weight is 292 g/mol. The van der Waals surface area contributed by atoms with Gasteiger partial charge >= 0.3 is 0 Å². The molecule has 0 aliphatic heterocycles. The molecule has 1 aliphatic carbocycles. The van der Waals surface area contributed by atoms with Crippen molar-refractivity contribution < 1.29 is 9.47 Å². The summed E-state index contributed by atoms with van der Waals surface area (Å²) in [4.78, 5) is 0. The van der Waals surface area contributed by atoms with Gasteiger partial charge in [-0.3, -0.25) is 0 Å². The molecule has 0 bridgehead atoms. The van der Waals surface area contributed by atoms with Crippen LogP contribution in [0.5, 0.6) is 0 Å². The predicted octanol–water partition coefficient (Wildman–Crippen LogP) is 5.82. The molecule has 0 saturated heterocycles. The average Bonchev–Trinajstić information content (AvgIpc) is 2.90. The van der Waals surface area contributed by atoms with Gasteiger partial charge in [0.1, 0.15) is 11.5 Å². The Kier molecular flexibility index (Phi) is 6.57. The van der Waals surface area contributed by atoms with Crippen molar-refractivity contribution in [3.05, 3.63) is 36.0 Å². The standard InChI is InChI=1S/C19H32O2/c1-8-10-17(21-18(9-2)19(4,5)6)16-12-11-15(13-16)14(3)20-7/h9-10,15-16H,3,8,11-13H2,1-2,4-7H3/b17-10+,18-9-. The van der Waals surface area contributed by atoms with E-state index in [1.54, 1.807) is 7.11 Å². The van der Waals surface area contributed by atoms with E-state index in [1.807, 2.05) is 6.92 Å². The minimum absolute atomic E-state index is 0.0374. The molecule has 21 heavy (non-hydrogen) atoms. The second kappa shape index (κ2) is 7.72. The summed E-state index contributed by atoms with van der Waals surface area (Å²) in [7, 11) is 1.71. The molecule has 1 saturated carbocycles. The van der Waals surface area contributed by atoms with E-state index < -0.39 is 0 Å². The van der Waals surface area contributed by atoms with E-state index in [-0.39, 0.29) is 5.41 Å². The minimum atomic E-state index is 0.0374. The van der Waals surface area contributed by atoms with E-state index >= 15 is 0 Å². The van der Waals surface area contributed by atoms with Gasteiger partial charge in [0.15, 0.2) is 0 Å². The molecule has 1 aliphatic rings. The second-order valence-corrected chi connectivity index (χ2v) is 6.90. The fraction of sp³-hybridized carbons (Fsp3) is 0.684. The summed E-state index contributed by atoms with van der Waals surface area (Å²) in [5, 5.41) is 0. The van der Waals surface area contributed by atoms with Crippen LogP contribution in [0, 0.1) is 17.3 Å². The molecule has 2 atom stereocenters. The smallest absolute Gasteiger partial charge is 0.105 e. The van der Waals surface area contributed by atoms with Gasteiger partial charge in [-0.1, -0.05) is 34.3 Å². The van der Waals surface area contributed by atoms with Crippen LogP contribution in [0.15, 0.2) is 36.0 Å². The van der Waals surface area contributed by atoms with E-state index in [4.69, 9.17) is 9.47 Å². The lowest BCUT2D eigenvalue weighted by Crippen LogP contribution is -2.15. The third-order valence-corrected chi connectivity index (χ3v) is 4.19. The second-order valence-electron chi connectivity index (χ2n) is 6.90. The quantitative estimate of drug-likeness (QED) is 0.574. The Hall–Kier alpha value is -1.18. The van der Waals surface area contributed by atoms with Crippen LogP contribution in [0.4, 0.5) is 0 Å². The van der Waals surface area contributed by atoms with Gasteiger partial charge in [0.2, 0.25) is 0 Å². The van der Waals surface area contributed by atoms with Crippen molar-refractivity contribution in [2.24, 2.45) is 17.3 Å². The molecule has 0 aromatic heterocycles. The van der Waals surface area contributed by atoms with Crippen LogP contribution in [-0.4, -0.2) is 7.11 Å². The van der Waals surface area contributed by atoms with Gasteiger partial charge in [0, 0.05) is 17.3 Å². The Morgan fingerprint density at radius 2 is 1.86 bits per heavy atom. The molecule has 0 heterocycles. The van der Waals surface area contributed by atoms with Gasteiger partial charge in [-0.25, -0.2) is 0 Å². The first-order valence-electron chi connectivity index (χ1n) is 8.10. The normalized spacial score (nSPS) is 24.1. The summed E-state index contributed by atoms with van der Waals surface area (Å²) >= 11 is 0. The van der Waals surface area contributed by atoms with Crippen LogP contribution in [0.2, 0.25) is 0 Å². The number of rotatable bonds is 6. The van der Waals surface area contributed by atoms with Crippen LogP contribution in [-0.2, 0) is 9.47 Å². The van der Waals surface area contributed by atoms with Crippen molar-refractivity contribution in [2.45, 2.75) is 60.3 Å². The number of methoxy groups -OCH3 is 1. The maximum absolute atomic E-state index is 6.30. The first-order valence-corrected chi connectivity index (χ1v) is 8.10. The summed E-state index contributed by atoms with van der Waals surface area (Å²) in [6.07, 6.45) is 8.70. The summed E-state index contributed by atoms with van der Waals surface area (Å²) in [5.74, 6) is 4.05. The molecule has 0 aromatic carbocycles. The number of hydrogen-bond acceptors (Lipinski definition) is 2. The van der Waals surface area contributed by atoms with Crippen LogP contribution < -0.4 is 0 Å². The molecule has 2 unspecified atom stereocenters. The fourth-order valence-electron chi connectivity index (χ4n) is 2.96. The van der Waals surface area contributed by atoms with E-state index in [0.717, 1.165) is 43.0 Å². The molecule has 0 spiro atoms. The molecule has 0 radical (unpaired) electrons. The van der Waals surface area contributed by atoms with Gasteiger partial charge < -0.3 is 9.47 Å².